The Bertz CT molecular complexity index is 741. The lowest BCUT2D eigenvalue weighted by molar-refractivity contribution is -0.117. The highest BCUT2D eigenvalue weighted by Gasteiger charge is 2.12. The van der Waals surface area contributed by atoms with E-state index < -0.39 is 17.5 Å². The van der Waals surface area contributed by atoms with Crippen molar-refractivity contribution >= 4 is 27.5 Å². The number of carbonyl (C=O) groups excluding carboxylic acids is 1. The molecule has 0 aromatic heterocycles. The summed E-state index contributed by atoms with van der Waals surface area (Å²) in [6.07, 6.45) is 0. The van der Waals surface area contributed by atoms with Gasteiger partial charge in [0.05, 0.1) is 19.3 Å². The normalized spacial score (nSPS) is 10.8. The van der Waals surface area contributed by atoms with Crippen LogP contribution in [0.3, 0.4) is 0 Å². The molecule has 0 atom stereocenters. The van der Waals surface area contributed by atoms with E-state index in [2.05, 4.69) is 21.2 Å². The summed E-state index contributed by atoms with van der Waals surface area (Å²) in [5.41, 5.74) is 0.866. The maximum Gasteiger partial charge on any atom is 0.238 e. The van der Waals surface area contributed by atoms with Crippen molar-refractivity contribution in [3.63, 3.8) is 0 Å². The van der Waals surface area contributed by atoms with E-state index in [1.807, 2.05) is 18.2 Å². The molecule has 2 aromatic rings. The molecule has 1 amide bonds. The van der Waals surface area contributed by atoms with Crippen molar-refractivity contribution in [1.29, 1.82) is 0 Å². The number of hydrogen-bond donors (Lipinski definition) is 1. The number of likely N-dealkylation sites (N-methyl/N-ethyl adjacent to an activating group) is 1. The number of hydrogen-bond acceptors (Lipinski definition) is 3. The summed E-state index contributed by atoms with van der Waals surface area (Å²) in [4.78, 5) is 13.8. The molecule has 7 heteroatoms. The van der Waals surface area contributed by atoms with Crippen molar-refractivity contribution in [3.05, 3.63) is 58.1 Å². The van der Waals surface area contributed by atoms with Crippen LogP contribution in [0, 0.1) is 11.6 Å². The number of nitrogens with zero attached hydrogens (tertiary/aromatic N) is 1. The molecule has 0 aliphatic rings. The second-order valence-electron chi connectivity index (χ2n) is 5.30. The molecule has 2 rings (SSSR count). The van der Waals surface area contributed by atoms with Gasteiger partial charge in [0.25, 0.3) is 0 Å². The first-order valence-corrected chi connectivity index (χ1v) is 7.94. The molecule has 0 aliphatic carbocycles. The highest BCUT2D eigenvalue weighted by molar-refractivity contribution is 9.10. The lowest BCUT2D eigenvalue weighted by Crippen LogP contribution is -2.30. The third kappa shape index (κ3) is 5.01. The number of halogens is 3. The average molecular weight is 399 g/mol. The number of amides is 1. The largest absolute Gasteiger partial charge is 0.496 e. The second-order valence-corrected chi connectivity index (χ2v) is 6.22. The van der Waals surface area contributed by atoms with Crippen LogP contribution in [0.15, 0.2) is 40.9 Å². The van der Waals surface area contributed by atoms with Gasteiger partial charge in [-0.25, -0.2) is 8.78 Å². The maximum atomic E-state index is 13.5. The number of ether oxygens (including phenoxy) is 1. The van der Waals surface area contributed by atoms with Gasteiger partial charge in [-0.3, -0.25) is 9.69 Å². The molecule has 0 spiro atoms. The third-order valence-electron chi connectivity index (χ3n) is 3.30. The predicted molar refractivity (Wildman–Crippen MR) is 92.0 cm³/mol. The van der Waals surface area contributed by atoms with Gasteiger partial charge in [0, 0.05) is 22.6 Å². The van der Waals surface area contributed by atoms with Gasteiger partial charge >= 0.3 is 0 Å². The van der Waals surface area contributed by atoms with Gasteiger partial charge in [0.2, 0.25) is 5.91 Å². The standard InChI is InChI=1S/C17H17BrF2N2O2/c1-22(9-11-7-12(18)3-6-16(11)24-2)10-17(23)21-15-5-4-13(19)8-14(15)20/h3-8H,9-10H2,1-2H3,(H,21,23). The predicted octanol–water partition coefficient (Wildman–Crippen LogP) is 3.81. The molecule has 0 unspecified atom stereocenters. The van der Waals surface area contributed by atoms with Gasteiger partial charge in [-0.15, -0.1) is 0 Å². The first-order chi connectivity index (χ1) is 11.4. The Morgan fingerprint density at radius 1 is 1.25 bits per heavy atom. The highest BCUT2D eigenvalue weighted by Crippen LogP contribution is 2.24. The molecule has 0 saturated carbocycles. The van der Waals surface area contributed by atoms with Crippen molar-refractivity contribution in [3.8, 4) is 5.75 Å². The molecule has 0 radical (unpaired) electrons. The van der Waals surface area contributed by atoms with Gasteiger partial charge in [0.15, 0.2) is 0 Å². The van der Waals surface area contributed by atoms with Crippen LogP contribution in [0.5, 0.6) is 5.75 Å². The van der Waals surface area contributed by atoms with E-state index in [4.69, 9.17) is 4.74 Å². The first kappa shape index (κ1) is 18.4. The van der Waals surface area contributed by atoms with Crippen LogP contribution in [-0.2, 0) is 11.3 Å². The fraction of sp³-hybridized carbons (Fsp3) is 0.235. The van der Waals surface area contributed by atoms with Crippen molar-refractivity contribution in [2.75, 3.05) is 26.0 Å². The summed E-state index contributed by atoms with van der Waals surface area (Å²) in [6.45, 7) is 0.522. The Balaban J connectivity index is 1.98. The molecule has 0 fully saturated rings. The summed E-state index contributed by atoms with van der Waals surface area (Å²) in [5, 5.41) is 2.43. The average Bonchev–Trinajstić information content (AvgIpc) is 2.50. The van der Waals surface area contributed by atoms with Crippen molar-refractivity contribution in [2.45, 2.75) is 6.54 Å². The zero-order valence-electron chi connectivity index (χ0n) is 13.3. The molecule has 0 bridgehead atoms. The lowest BCUT2D eigenvalue weighted by atomic mass is 10.2. The molecule has 0 heterocycles. The minimum atomic E-state index is -0.806. The Hall–Kier alpha value is -1.99. The molecule has 4 nitrogen and oxygen atoms in total. The maximum absolute atomic E-state index is 13.5. The molecule has 0 aliphatic heterocycles. The summed E-state index contributed by atoms with van der Waals surface area (Å²) in [6, 6.07) is 8.63. The van der Waals surface area contributed by atoms with Crippen LogP contribution < -0.4 is 10.1 Å². The number of rotatable bonds is 6. The molecule has 1 N–H and O–H groups in total. The fourth-order valence-electron chi connectivity index (χ4n) is 2.24. The van der Waals surface area contributed by atoms with Crippen LogP contribution in [0.1, 0.15) is 5.56 Å². The monoisotopic (exact) mass is 398 g/mol. The Labute approximate surface area is 147 Å². The summed E-state index contributed by atoms with van der Waals surface area (Å²) < 4.78 is 32.6. The van der Waals surface area contributed by atoms with Crippen LogP contribution in [0.2, 0.25) is 0 Å². The highest BCUT2D eigenvalue weighted by atomic mass is 79.9. The molecule has 128 valence electrons. The van der Waals surface area contributed by atoms with Crippen LogP contribution in [-0.4, -0.2) is 31.5 Å². The van der Waals surface area contributed by atoms with Gasteiger partial charge in [-0.05, 0) is 37.4 Å². The molecule has 0 saturated heterocycles. The fourth-order valence-corrected chi connectivity index (χ4v) is 2.65. The van der Waals surface area contributed by atoms with Gasteiger partial charge in [0.1, 0.15) is 17.4 Å². The van der Waals surface area contributed by atoms with E-state index in [0.29, 0.717) is 6.54 Å². The molecule has 24 heavy (non-hydrogen) atoms. The summed E-state index contributed by atoms with van der Waals surface area (Å²) in [7, 11) is 3.34. The van der Waals surface area contributed by atoms with Crippen molar-refractivity contribution < 1.29 is 18.3 Å². The minimum Gasteiger partial charge on any atom is -0.496 e. The molecule has 2 aromatic carbocycles. The molecular weight excluding hydrogens is 382 g/mol. The second kappa shape index (κ2) is 8.21. The Morgan fingerprint density at radius 3 is 2.67 bits per heavy atom. The van der Waals surface area contributed by atoms with E-state index >= 15 is 0 Å². The zero-order chi connectivity index (χ0) is 17.7. The van der Waals surface area contributed by atoms with Gasteiger partial charge < -0.3 is 10.1 Å². The van der Waals surface area contributed by atoms with Crippen molar-refractivity contribution in [2.24, 2.45) is 0 Å². The molecular formula is C17H17BrF2N2O2. The smallest absolute Gasteiger partial charge is 0.238 e. The topological polar surface area (TPSA) is 41.6 Å². The van der Waals surface area contributed by atoms with Crippen molar-refractivity contribution in [1.82, 2.24) is 4.90 Å². The minimum absolute atomic E-state index is 0.0464. The van der Waals surface area contributed by atoms with Crippen LogP contribution >= 0.6 is 15.9 Å². The van der Waals surface area contributed by atoms with Gasteiger partial charge in [-0.2, -0.15) is 0 Å². The number of carbonyl (C=O) groups is 1. The van der Waals surface area contributed by atoms with Crippen LogP contribution in [0.25, 0.3) is 0 Å². The SMILES string of the molecule is COc1ccc(Br)cc1CN(C)CC(=O)Nc1ccc(F)cc1F. The number of anilines is 1. The number of methoxy groups -OCH3 is 1. The third-order valence-corrected chi connectivity index (χ3v) is 3.79. The van der Waals surface area contributed by atoms with Crippen LogP contribution in [0.4, 0.5) is 14.5 Å². The quantitative estimate of drug-likeness (QED) is 0.804. The van der Waals surface area contributed by atoms with E-state index in [1.54, 1.807) is 19.1 Å². The summed E-state index contributed by atoms with van der Waals surface area (Å²) >= 11 is 3.40. The number of nitrogens with one attached hydrogen (secondary N) is 1. The summed E-state index contributed by atoms with van der Waals surface area (Å²) in [5.74, 6) is -1.17. The lowest BCUT2D eigenvalue weighted by Gasteiger charge is -2.18. The zero-order valence-corrected chi connectivity index (χ0v) is 14.9. The van der Waals surface area contributed by atoms with Gasteiger partial charge in [-0.1, -0.05) is 15.9 Å². The van der Waals surface area contributed by atoms with E-state index in [1.165, 1.54) is 6.07 Å². The Kier molecular flexibility index (Phi) is 6.28. The van der Waals surface area contributed by atoms with E-state index in [0.717, 1.165) is 27.9 Å². The number of benzene rings is 2. The van der Waals surface area contributed by atoms with E-state index in [-0.39, 0.29) is 12.2 Å². The Morgan fingerprint density at radius 2 is 2.00 bits per heavy atom. The van der Waals surface area contributed by atoms with E-state index in [9.17, 15) is 13.6 Å². The first-order valence-electron chi connectivity index (χ1n) is 7.15.